The average Bonchev–Trinajstić information content (AvgIpc) is 2.72. The van der Waals surface area contributed by atoms with E-state index in [0.717, 1.165) is 13.0 Å². The van der Waals surface area contributed by atoms with Gasteiger partial charge in [-0.25, -0.2) is 0 Å². The Morgan fingerprint density at radius 3 is 3.14 bits per heavy atom. The molecule has 1 aromatic heterocycles. The first-order valence-corrected chi connectivity index (χ1v) is 4.57. The molecular formula is C10H11N3O. The molecule has 0 amide bonds. The molecule has 0 fully saturated rings. The molecule has 4 nitrogen and oxygen atoms in total. The van der Waals surface area contributed by atoms with E-state index < -0.39 is 0 Å². The molecule has 0 saturated heterocycles. The first-order chi connectivity index (χ1) is 6.86. The molecule has 2 heterocycles. The second-order valence-corrected chi connectivity index (χ2v) is 3.14. The van der Waals surface area contributed by atoms with Crippen molar-refractivity contribution >= 4 is 12.0 Å². The van der Waals surface area contributed by atoms with Gasteiger partial charge in [-0.3, -0.25) is 14.8 Å². The van der Waals surface area contributed by atoms with Crippen LogP contribution >= 0.6 is 0 Å². The lowest BCUT2D eigenvalue weighted by molar-refractivity contribution is 0.0940. The first kappa shape index (κ1) is 8.87. The zero-order valence-corrected chi connectivity index (χ0v) is 7.76. The largest absolute Gasteiger partial charge is 0.292 e. The molecule has 0 unspecified atom stereocenters. The average molecular weight is 189 g/mol. The molecular weight excluding hydrogens is 178 g/mol. The van der Waals surface area contributed by atoms with E-state index in [1.54, 1.807) is 29.5 Å². The van der Waals surface area contributed by atoms with Gasteiger partial charge in [0.1, 0.15) is 0 Å². The summed E-state index contributed by atoms with van der Waals surface area (Å²) in [5.41, 5.74) is 0.648. The molecule has 2 rings (SSSR count). The summed E-state index contributed by atoms with van der Waals surface area (Å²) in [4.78, 5) is 15.5. The van der Waals surface area contributed by atoms with E-state index in [1.807, 2.05) is 6.21 Å². The van der Waals surface area contributed by atoms with Crippen molar-refractivity contribution in [2.75, 3.05) is 13.1 Å². The highest BCUT2D eigenvalue weighted by molar-refractivity contribution is 5.97. The van der Waals surface area contributed by atoms with Gasteiger partial charge in [0.05, 0.1) is 6.54 Å². The van der Waals surface area contributed by atoms with Crippen molar-refractivity contribution < 1.29 is 4.79 Å². The summed E-state index contributed by atoms with van der Waals surface area (Å²) in [7, 11) is 0. The molecule has 0 aliphatic carbocycles. The Labute approximate surface area is 82.3 Å². The smallest absolute Gasteiger partial charge is 0.185 e. The van der Waals surface area contributed by atoms with E-state index in [9.17, 15) is 4.79 Å². The number of aromatic nitrogens is 1. The molecule has 0 spiro atoms. The molecule has 0 aromatic carbocycles. The summed E-state index contributed by atoms with van der Waals surface area (Å²) >= 11 is 0. The van der Waals surface area contributed by atoms with Crippen LogP contribution in [0.5, 0.6) is 0 Å². The highest BCUT2D eigenvalue weighted by Gasteiger charge is 2.12. The topological polar surface area (TPSA) is 45.6 Å². The number of nitrogens with zero attached hydrogens (tertiary/aromatic N) is 3. The third kappa shape index (κ3) is 1.96. The van der Waals surface area contributed by atoms with Gasteiger partial charge in [-0.2, -0.15) is 5.10 Å². The molecule has 1 aliphatic rings. The fourth-order valence-electron chi connectivity index (χ4n) is 1.34. The zero-order valence-electron chi connectivity index (χ0n) is 7.76. The summed E-state index contributed by atoms with van der Waals surface area (Å²) in [5.74, 6) is 0.0668. The molecule has 1 aliphatic heterocycles. The van der Waals surface area contributed by atoms with Crippen molar-refractivity contribution in [3.8, 4) is 0 Å². The molecule has 0 bridgehead atoms. The lowest BCUT2D eigenvalue weighted by atomic mass is 10.2. The minimum Gasteiger partial charge on any atom is -0.292 e. The van der Waals surface area contributed by atoms with E-state index in [1.165, 1.54) is 0 Å². The lowest BCUT2D eigenvalue weighted by Gasteiger charge is -2.11. The zero-order chi connectivity index (χ0) is 9.80. The molecule has 72 valence electrons. The Bertz CT molecular complexity index is 348. The predicted octanol–water partition coefficient (Wildman–Crippen LogP) is 0.956. The van der Waals surface area contributed by atoms with Crippen LogP contribution in [0.25, 0.3) is 0 Å². The number of hydrazone groups is 1. The Morgan fingerprint density at radius 2 is 2.50 bits per heavy atom. The Hall–Kier alpha value is -1.71. The van der Waals surface area contributed by atoms with Gasteiger partial charge in [-0.15, -0.1) is 0 Å². The normalized spacial score (nSPS) is 14.7. The van der Waals surface area contributed by atoms with Crippen molar-refractivity contribution in [3.05, 3.63) is 30.1 Å². The SMILES string of the molecule is O=C(CN1CCC=N1)c1cccnc1. The van der Waals surface area contributed by atoms with Crippen LogP contribution in [0.2, 0.25) is 0 Å². The van der Waals surface area contributed by atoms with Crippen molar-refractivity contribution in [2.45, 2.75) is 6.42 Å². The second kappa shape index (κ2) is 4.00. The number of ketones is 1. The molecule has 0 saturated carbocycles. The maximum absolute atomic E-state index is 11.6. The number of pyridine rings is 1. The highest BCUT2D eigenvalue weighted by atomic mass is 16.1. The summed E-state index contributed by atoms with van der Waals surface area (Å²) < 4.78 is 0. The quantitative estimate of drug-likeness (QED) is 0.665. The van der Waals surface area contributed by atoms with E-state index in [-0.39, 0.29) is 5.78 Å². The monoisotopic (exact) mass is 189 g/mol. The molecule has 0 radical (unpaired) electrons. The minimum atomic E-state index is 0.0668. The van der Waals surface area contributed by atoms with Gasteiger partial charge in [-0.05, 0) is 12.1 Å². The van der Waals surface area contributed by atoms with E-state index in [4.69, 9.17) is 0 Å². The summed E-state index contributed by atoms with van der Waals surface area (Å²) in [5, 5.41) is 5.84. The molecule has 0 N–H and O–H groups in total. The van der Waals surface area contributed by atoms with Gasteiger partial charge >= 0.3 is 0 Å². The lowest BCUT2D eigenvalue weighted by Crippen LogP contribution is -2.23. The maximum Gasteiger partial charge on any atom is 0.185 e. The summed E-state index contributed by atoms with van der Waals surface area (Å²) in [6.45, 7) is 1.19. The molecule has 4 heteroatoms. The fraction of sp³-hybridized carbons (Fsp3) is 0.300. The Morgan fingerprint density at radius 1 is 1.57 bits per heavy atom. The van der Waals surface area contributed by atoms with Gasteiger partial charge in [0.15, 0.2) is 5.78 Å². The van der Waals surface area contributed by atoms with Crippen molar-refractivity contribution in [1.29, 1.82) is 0 Å². The first-order valence-electron chi connectivity index (χ1n) is 4.57. The summed E-state index contributed by atoms with van der Waals surface area (Å²) in [6.07, 6.45) is 6.00. The van der Waals surface area contributed by atoms with Crippen LogP contribution in [0.15, 0.2) is 29.6 Å². The van der Waals surface area contributed by atoms with Gasteiger partial charge in [0.2, 0.25) is 0 Å². The van der Waals surface area contributed by atoms with Crippen molar-refractivity contribution in [3.63, 3.8) is 0 Å². The standard InChI is InChI=1S/C10H11N3O/c14-10(8-13-6-2-5-12-13)9-3-1-4-11-7-9/h1,3-5,7H,2,6,8H2. The van der Waals surface area contributed by atoms with E-state index in [0.29, 0.717) is 12.1 Å². The van der Waals surface area contributed by atoms with Gasteiger partial charge in [0, 0.05) is 37.1 Å². The predicted molar refractivity (Wildman–Crippen MR) is 53.2 cm³/mol. The number of rotatable bonds is 3. The van der Waals surface area contributed by atoms with Crippen LogP contribution in [0.4, 0.5) is 0 Å². The number of Topliss-reactive ketones (excluding diaryl/α,β-unsaturated/α-hetero) is 1. The maximum atomic E-state index is 11.6. The van der Waals surface area contributed by atoms with Crippen LogP contribution in [0, 0.1) is 0 Å². The molecule has 0 atom stereocenters. The van der Waals surface area contributed by atoms with Crippen molar-refractivity contribution in [2.24, 2.45) is 5.10 Å². The second-order valence-electron chi connectivity index (χ2n) is 3.14. The van der Waals surface area contributed by atoms with Crippen LogP contribution < -0.4 is 0 Å². The molecule has 14 heavy (non-hydrogen) atoms. The van der Waals surface area contributed by atoms with Gasteiger partial charge in [-0.1, -0.05) is 0 Å². The van der Waals surface area contributed by atoms with Crippen LogP contribution in [-0.2, 0) is 0 Å². The van der Waals surface area contributed by atoms with E-state index in [2.05, 4.69) is 10.1 Å². The third-order valence-corrected chi connectivity index (χ3v) is 2.07. The number of hydrogen-bond donors (Lipinski definition) is 0. The van der Waals surface area contributed by atoms with Gasteiger partial charge in [0.25, 0.3) is 0 Å². The van der Waals surface area contributed by atoms with Crippen molar-refractivity contribution in [1.82, 2.24) is 9.99 Å². The Kier molecular flexibility index (Phi) is 2.53. The highest BCUT2D eigenvalue weighted by Crippen LogP contribution is 2.03. The van der Waals surface area contributed by atoms with Crippen LogP contribution in [-0.4, -0.2) is 35.1 Å². The number of hydrogen-bond acceptors (Lipinski definition) is 4. The number of carbonyl (C=O) groups excluding carboxylic acids is 1. The molecule has 1 aromatic rings. The third-order valence-electron chi connectivity index (χ3n) is 2.07. The van der Waals surface area contributed by atoms with Crippen LogP contribution in [0.1, 0.15) is 16.8 Å². The summed E-state index contributed by atoms with van der Waals surface area (Å²) in [6, 6.07) is 3.54. The number of carbonyl (C=O) groups is 1. The van der Waals surface area contributed by atoms with Gasteiger partial charge < -0.3 is 0 Å². The van der Waals surface area contributed by atoms with Crippen LogP contribution in [0.3, 0.4) is 0 Å². The fourth-order valence-corrected chi connectivity index (χ4v) is 1.34. The minimum absolute atomic E-state index is 0.0668. The Balaban J connectivity index is 1.99. The van der Waals surface area contributed by atoms with E-state index >= 15 is 0 Å².